The third kappa shape index (κ3) is 4.71. The topological polar surface area (TPSA) is 0 Å². The van der Waals surface area contributed by atoms with Crippen LogP contribution in [0.2, 0.25) is 0 Å². The van der Waals surface area contributed by atoms with E-state index in [1.54, 1.807) is 0 Å². The highest BCUT2D eigenvalue weighted by molar-refractivity contribution is 6.27. The smallest absolute Gasteiger partial charge is 0.00134 e. The molecule has 0 radical (unpaired) electrons. The molecule has 0 saturated carbocycles. The maximum atomic E-state index is 2.51. The molecule has 0 atom stereocenters. The fourth-order valence-electron chi connectivity index (χ4n) is 10.2. The fourth-order valence-corrected chi connectivity index (χ4v) is 10.2. The van der Waals surface area contributed by atoms with Gasteiger partial charge < -0.3 is 0 Å². The lowest BCUT2D eigenvalue weighted by molar-refractivity contribution is 1.24. The van der Waals surface area contributed by atoms with Gasteiger partial charge in [0.15, 0.2) is 0 Å². The summed E-state index contributed by atoms with van der Waals surface area (Å²) in [5.41, 5.74) is 24.6. The van der Waals surface area contributed by atoms with Gasteiger partial charge in [-0.05, 0) is 211 Å². The summed E-state index contributed by atoms with van der Waals surface area (Å²) in [6.07, 6.45) is 1.00. The van der Waals surface area contributed by atoms with E-state index in [9.17, 15) is 0 Å². The lowest BCUT2D eigenvalue weighted by Crippen LogP contribution is -2.04. The van der Waals surface area contributed by atoms with Crippen molar-refractivity contribution in [3.05, 3.63) is 177 Å². The molecule has 0 aromatic heterocycles. The maximum absolute atomic E-state index is 2.51. The number of fused-ring (bicyclic) bond motifs is 7. The third-order valence-electron chi connectivity index (χ3n) is 13.7. The molecule has 0 unspecified atom stereocenters. The summed E-state index contributed by atoms with van der Waals surface area (Å²) in [7, 11) is 0. The van der Waals surface area contributed by atoms with Gasteiger partial charge in [0.05, 0.1) is 0 Å². The second kappa shape index (κ2) is 12.3. The van der Waals surface area contributed by atoms with Gasteiger partial charge in [0, 0.05) is 0 Å². The first-order chi connectivity index (χ1) is 26.7. The van der Waals surface area contributed by atoms with Gasteiger partial charge in [-0.1, -0.05) is 115 Å². The van der Waals surface area contributed by atoms with Gasteiger partial charge in [0.25, 0.3) is 0 Å². The number of aryl methyl sites for hydroxylation is 4. The highest BCUT2D eigenvalue weighted by atomic mass is 14.3. The van der Waals surface area contributed by atoms with E-state index >= 15 is 0 Å². The summed E-state index contributed by atoms with van der Waals surface area (Å²) in [5.74, 6) is 0. The van der Waals surface area contributed by atoms with Crippen molar-refractivity contribution in [3.63, 3.8) is 0 Å². The maximum Gasteiger partial charge on any atom is -0.00134 e. The summed E-state index contributed by atoms with van der Waals surface area (Å²) in [5, 5.41) is 10.7. The number of rotatable bonds is 3. The first kappa shape index (κ1) is 33.6. The summed E-state index contributed by atoms with van der Waals surface area (Å²) >= 11 is 0. The Bertz CT molecular complexity index is 3050. The van der Waals surface area contributed by atoms with Crippen LogP contribution < -0.4 is 0 Å². The molecule has 55 heavy (non-hydrogen) atoms. The largest absolute Gasteiger partial charge is 0.0619 e. The molecule has 0 amide bonds. The van der Waals surface area contributed by atoms with Gasteiger partial charge >= 0.3 is 0 Å². The fraction of sp³-hybridized carbons (Fsp3) is 0.164. The van der Waals surface area contributed by atoms with Crippen LogP contribution in [0.4, 0.5) is 0 Å². The lowest BCUT2D eigenvalue weighted by Gasteiger charge is -2.28. The van der Waals surface area contributed by atoms with Crippen LogP contribution in [0.5, 0.6) is 0 Å². The zero-order valence-corrected chi connectivity index (χ0v) is 33.3. The molecule has 1 aliphatic rings. The van der Waals surface area contributed by atoms with E-state index in [2.05, 4.69) is 177 Å². The molecular formula is C55H46. The van der Waals surface area contributed by atoms with Gasteiger partial charge in [-0.3, -0.25) is 0 Å². The Kier molecular flexibility index (Phi) is 7.49. The van der Waals surface area contributed by atoms with E-state index in [4.69, 9.17) is 0 Å². The van der Waals surface area contributed by atoms with E-state index < -0.39 is 0 Å². The van der Waals surface area contributed by atoms with Crippen LogP contribution in [0.15, 0.2) is 121 Å². The molecule has 0 bridgehead atoms. The lowest BCUT2D eigenvalue weighted by atomic mass is 9.75. The van der Waals surface area contributed by atoms with Crippen molar-refractivity contribution >= 4 is 43.1 Å². The molecule has 0 nitrogen and oxygen atoms in total. The van der Waals surface area contributed by atoms with Crippen molar-refractivity contribution in [2.24, 2.45) is 0 Å². The van der Waals surface area contributed by atoms with Crippen molar-refractivity contribution in [3.8, 4) is 44.5 Å². The molecular weight excluding hydrogens is 661 g/mol. The summed E-state index contributed by atoms with van der Waals surface area (Å²) < 4.78 is 0. The van der Waals surface area contributed by atoms with Crippen LogP contribution >= 0.6 is 0 Å². The van der Waals surface area contributed by atoms with E-state index in [0.717, 1.165) is 6.42 Å². The zero-order valence-electron chi connectivity index (χ0n) is 33.3. The minimum Gasteiger partial charge on any atom is -0.0619 e. The molecule has 0 heteroatoms. The van der Waals surface area contributed by atoms with E-state index in [1.807, 2.05) is 0 Å². The normalized spacial score (nSPS) is 12.3. The molecule has 0 aliphatic heterocycles. The Balaban J connectivity index is 1.40. The second-order valence-electron chi connectivity index (χ2n) is 16.2. The predicted octanol–water partition coefficient (Wildman–Crippen LogP) is 15.3. The van der Waals surface area contributed by atoms with Crippen molar-refractivity contribution in [2.45, 2.75) is 61.8 Å². The Morgan fingerprint density at radius 1 is 0.309 bits per heavy atom. The average Bonchev–Trinajstić information content (AvgIpc) is 3.60. The summed E-state index contributed by atoms with van der Waals surface area (Å²) in [6.45, 7) is 18.8. The monoisotopic (exact) mass is 706 g/mol. The molecule has 9 aromatic rings. The van der Waals surface area contributed by atoms with E-state index in [0.29, 0.717) is 0 Å². The predicted molar refractivity (Wildman–Crippen MR) is 239 cm³/mol. The molecule has 266 valence electrons. The Hall–Kier alpha value is -5.98. The van der Waals surface area contributed by atoms with Gasteiger partial charge in [-0.2, -0.15) is 0 Å². The van der Waals surface area contributed by atoms with Gasteiger partial charge in [-0.15, -0.1) is 0 Å². The van der Waals surface area contributed by atoms with Crippen molar-refractivity contribution in [2.75, 3.05) is 0 Å². The van der Waals surface area contributed by atoms with Crippen molar-refractivity contribution < 1.29 is 0 Å². The van der Waals surface area contributed by atoms with E-state index in [1.165, 1.54) is 143 Å². The first-order valence-corrected chi connectivity index (χ1v) is 19.8. The van der Waals surface area contributed by atoms with Crippen LogP contribution in [0.3, 0.4) is 0 Å². The third-order valence-corrected chi connectivity index (χ3v) is 13.7. The van der Waals surface area contributed by atoms with Gasteiger partial charge in [0.1, 0.15) is 0 Å². The molecule has 0 heterocycles. The van der Waals surface area contributed by atoms with E-state index in [-0.39, 0.29) is 0 Å². The Labute approximate surface area is 325 Å². The van der Waals surface area contributed by atoms with Gasteiger partial charge in [0.2, 0.25) is 0 Å². The minimum atomic E-state index is 1.00. The number of benzene rings is 9. The summed E-state index contributed by atoms with van der Waals surface area (Å²) in [4.78, 5) is 0. The molecule has 0 saturated heterocycles. The van der Waals surface area contributed by atoms with Crippen LogP contribution in [0.25, 0.3) is 87.6 Å². The van der Waals surface area contributed by atoms with Crippen molar-refractivity contribution in [1.82, 2.24) is 0 Å². The molecule has 0 N–H and O–H groups in total. The Morgan fingerprint density at radius 2 is 0.764 bits per heavy atom. The Morgan fingerprint density at radius 3 is 1.42 bits per heavy atom. The SMILES string of the molecule is Cc1c(C)c(C)c2c(-c3ccc(-c4cccc5ccccc45)c4ccccc34)c3c(C)c(C)c(C)c(C)c3c(-c3ccc4c(c3)-c3ccccc3C4)c2c1C. The van der Waals surface area contributed by atoms with Crippen molar-refractivity contribution in [1.29, 1.82) is 0 Å². The zero-order chi connectivity index (χ0) is 37.9. The molecule has 9 aromatic carbocycles. The highest BCUT2D eigenvalue weighted by Crippen LogP contribution is 2.53. The quantitative estimate of drug-likeness (QED) is 0.160. The molecule has 0 spiro atoms. The van der Waals surface area contributed by atoms with Crippen LogP contribution in [0, 0.1) is 55.4 Å². The highest BCUT2D eigenvalue weighted by Gasteiger charge is 2.28. The van der Waals surface area contributed by atoms with Crippen LogP contribution in [0.1, 0.15) is 55.6 Å². The second-order valence-corrected chi connectivity index (χ2v) is 16.2. The molecule has 0 fully saturated rings. The van der Waals surface area contributed by atoms with Gasteiger partial charge in [-0.25, -0.2) is 0 Å². The number of hydrogen-bond acceptors (Lipinski definition) is 0. The number of hydrogen-bond donors (Lipinski definition) is 0. The molecule has 10 rings (SSSR count). The molecule has 1 aliphatic carbocycles. The summed E-state index contributed by atoms with van der Waals surface area (Å²) in [6, 6.07) is 45.8. The van der Waals surface area contributed by atoms with Crippen LogP contribution in [-0.4, -0.2) is 0 Å². The first-order valence-electron chi connectivity index (χ1n) is 19.8. The average molecular weight is 707 g/mol. The standard InChI is InChI=1S/C55H46/c1-30-32(3)36(7)52-50(34(30)5)54(41-25-24-40-28-39-17-10-12-20-43(39)49(40)29-41)51-35(6)31(2)33(4)37(8)53(51)55(52)48-27-26-47(45-21-13-14-22-46(45)48)44-23-15-18-38-16-9-11-19-42(38)44/h9-27,29H,28H2,1-8H3. The minimum absolute atomic E-state index is 1.00. The van der Waals surface area contributed by atoms with Crippen LogP contribution in [-0.2, 0) is 6.42 Å².